The van der Waals surface area contributed by atoms with E-state index in [2.05, 4.69) is 33.9 Å². The van der Waals surface area contributed by atoms with E-state index in [1.807, 2.05) is 0 Å². The van der Waals surface area contributed by atoms with Gasteiger partial charge in [0.15, 0.2) is 9.84 Å². The van der Waals surface area contributed by atoms with Crippen molar-refractivity contribution in [1.29, 1.82) is 0 Å². The number of aryl methyl sites for hydroxylation is 1. The number of hydrogen-bond donors (Lipinski definition) is 2. The smallest absolute Gasteiger partial charge is 0.239 e. The van der Waals surface area contributed by atoms with Gasteiger partial charge < -0.3 is 10.6 Å². The zero-order valence-electron chi connectivity index (χ0n) is 14.7. The molecule has 0 bridgehead atoms. The number of rotatable bonds is 5. The Hall–Kier alpha value is -1.68. The molecule has 3 rings (SSSR count). The summed E-state index contributed by atoms with van der Waals surface area (Å²) in [5.74, 6) is 1.36. The molecule has 0 spiro atoms. The minimum Gasteiger partial charge on any atom is -0.367 e. The van der Waals surface area contributed by atoms with Gasteiger partial charge in [0.25, 0.3) is 0 Å². The summed E-state index contributed by atoms with van der Waals surface area (Å²) in [6.07, 6.45) is 0.682. The number of sulfone groups is 1. The highest BCUT2D eigenvalue weighted by molar-refractivity contribution is 7.91. The van der Waals surface area contributed by atoms with Gasteiger partial charge in [0.1, 0.15) is 5.82 Å². The number of carbonyl (C=O) groups is 1. The number of aromatic nitrogens is 3. The van der Waals surface area contributed by atoms with Crippen LogP contribution in [0.1, 0.15) is 26.1 Å². The molecule has 2 fully saturated rings. The van der Waals surface area contributed by atoms with Gasteiger partial charge in [-0.25, -0.2) is 8.42 Å². The number of nitrogen functional groups attached to an aromatic ring is 1. The summed E-state index contributed by atoms with van der Waals surface area (Å²) >= 11 is 0. The molecule has 3 heterocycles. The predicted octanol–water partition coefficient (Wildman–Crippen LogP) is -0.715. The van der Waals surface area contributed by atoms with Crippen molar-refractivity contribution < 1.29 is 13.2 Å². The number of carbonyl (C=O) groups excluding carboxylic acids is 1. The van der Waals surface area contributed by atoms with E-state index in [0.717, 1.165) is 13.1 Å². The molecule has 25 heavy (non-hydrogen) atoms. The zero-order chi connectivity index (χ0) is 18.2. The lowest BCUT2D eigenvalue weighted by molar-refractivity contribution is -0.137. The van der Waals surface area contributed by atoms with E-state index in [1.54, 1.807) is 4.90 Å². The minimum absolute atomic E-state index is 0.0359. The van der Waals surface area contributed by atoms with Crippen LogP contribution in [0, 0.1) is 5.92 Å². The topological polar surface area (TPSA) is 125 Å². The van der Waals surface area contributed by atoms with E-state index in [1.165, 1.54) is 0 Å². The first-order valence-corrected chi connectivity index (χ1v) is 10.5. The van der Waals surface area contributed by atoms with Crippen LogP contribution in [0.4, 0.5) is 5.95 Å². The van der Waals surface area contributed by atoms with Crippen molar-refractivity contribution in [3.8, 4) is 0 Å². The van der Waals surface area contributed by atoms with Crippen LogP contribution in [-0.4, -0.2) is 82.5 Å². The number of piperazine rings is 1. The third-order valence-electron chi connectivity index (χ3n) is 4.84. The molecule has 2 aliphatic heterocycles. The third-order valence-corrected chi connectivity index (χ3v) is 6.53. The molecule has 0 unspecified atom stereocenters. The average Bonchev–Trinajstić information content (AvgIpc) is 3.06. The van der Waals surface area contributed by atoms with E-state index < -0.39 is 9.84 Å². The minimum atomic E-state index is -3.11. The summed E-state index contributed by atoms with van der Waals surface area (Å²) < 4.78 is 24.4. The largest absolute Gasteiger partial charge is 0.367 e. The van der Waals surface area contributed by atoms with Gasteiger partial charge in [-0.3, -0.25) is 14.8 Å². The molecular formula is C15H26N6O3S. The molecule has 3 N–H and O–H groups in total. The number of anilines is 1. The monoisotopic (exact) mass is 370 g/mol. The van der Waals surface area contributed by atoms with Crippen molar-refractivity contribution in [2.45, 2.75) is 38.8 Å². The SMILES string of the molecule is CC(C)CN1CCN(C(=O)CCc2nc(N)n[nH]2)[C@H]2CS(=O)(=O)C[C@H]21. The zero-order valence-corrected chi connectivity index (χ0v) is 15.5. The Labute approximate surface area is 147 Å². The normalized spacial score (nSPS) is 26.1. The molecule has 1 aromatic heterocycles. The Kier molecular flexibility index (Phi) is 5.01. The molecule has 140 valence electrons. The van der Waals surface area contributed by atoms with Crippen molar-refractivity contribution in [2.75, 3.05) is 36.9 Å². The number of nitrogens with zero attached hydrogens (tertiary/aromatic N) is 4. The lowest BCUT2D eigenvalue weighted by atomic mass is 10.0. The van der Waals surface area contributed by atoms with Crippen LogP contribution in [0.5, 0.6) is 0 Å². The van der Waals surface area contributed by atoms with Gasteiger partial charge >= 0.3 is 0 Å². The van der Waals surface area contributed by atoms with Crippen molar-refractivity contribution in [2.24, 2.45) is 5.92 Å². The van der Waals surface area contributed by atoms with Crippen LogP contribution < -0.4 is 5.73 Å². The lowest BCUT2D eigenvalue weighted by Gasteiger charge is -2.44. The van der Waals surface area contributed by atoms with E-state index in [0.29, 0.717) is 24.7 Å². The molecule has 9 nitrogen and oxygen atoms in total. The number of fused-ring (bicyclic) bond motifs is 1. The van der Waals surface area contributed by atoms with Crippen molar-refractivity contribution in [3.05, 3.63) is 5.82 Å². The number of nitrogens with one attached hydrogen (secondary N) is 1. The van der Waals surface area contributed by atoms with E-state index in [-0.39, 0.29) is 41.9 Å². The highest BCUT2D eigenvalue weighted by Crippen LogP contribution is 2.28. The standard InChI is InChI=1S/C15H26N6O3S/c1-10(2)7-20-5-6-21(12-9-25(23,24)8-11(12)20)14(22)4-3-13-17-15(16)19-18-13/h10-12H,3-9H2,1-2H3,(H3,16,17,18,19)/t11-,12+/m1/s1. The number of nitrogens with two attached hydrogens (primary N) is 1. The molecule has 1 aromatic rings. The summed E-state index contributed by atoms with van der Waals surface area (Å²) in [5.41, 5.74) is 5.46. The van der Waals surface area contributed by atoms with Gasteiger partial charge in [-0.05, 0) is 5.92 Å². The average molecular weight is 370 g/mol. The lowest BCUT2D eigenvalue weighted by Crippen LogP contribution is -2.61. The van der Waals surface area contributed by atoms with Gasteiger partial charge in [0.05, 0.1) is 17.5 Å². The number of H-pyrrole nitrogens is 1. The molecule has 0 radical (unpaired) electrons. The van der Waals surface area contributed by atoms with E-state index in [9.17, 15) is 13.2 Å². The van der Waals surface area contributed by atoms with Crippen molar-refractivity contribution in [3.63, 3.8) is 0 Å². The summed E-state index contributed by atoms with van der Waals surface area (Å²) in [6, 6.07) is -0.337. The second kappa shape index (κ2) is 6.91. The van der Waals surface area contributed by atoms with Crippen molar-refractivity contribution >= 4 is 21.7 Å². The van der Waals surface area contributed by atoms with Gasteiger partial charge in [-0.15, -0.1) is 5.10 Å². The Morgan fingerprint density at radius 2 is 2.04 bits per heavy atom. The van der Waals surface area contributed by atoms with Crippen LogP contribution in [0.25, 0.3) is 0 Å². The van der Waals surface area contributed by atoms with Crippen LogP contribution in [-0.2, 0) is 21.1 Å². The third kappa shape index (κ3) is 4.12. The van der Waals surface area contributed by atoms with E-state index >= 15 is 0 Å². The number of hydrogen-bond acceptors (Lipinski definition) is 7. The van der Waals surface area contributed by atoms with Gasteiger partial charge in [-0.2, -0.15) is 4.98 Å². The maximum Gasteiger partial charge on any atom is 0.239 e. The second-order valence-electron chi connectivity index (χ2n) is 7.33. The van der Waals surface area contributed by atoms with Gasteiger partial charge in [-0.1, -0.05) is 13.8 Å². The summed E-state index contributed by atoms with van der Waals surface area (Å²) in [6.45, 7) is 6.39. The molecule has 0 aliphatic carbocycles. The Bertz CT molecular complexity index is 731. The van der Waals surface area contributed by atoms with Gasteiger partial charge in [0, 0.05) is 38.5 Å². The number of amides is 1. The van der Waals surface area contributed by atoms with Crippen molar-refractivity contribution in [1.82, 2.24) is 25.0 Å². The molecule has 2 atom stereocenters. The Balaban J connectivity index is 1.68. The molecule has 1 amide bonds. The maximum absolute atomic E-state index is 12.7. The molecule has 2 aliphatic rings. The second-order valence-corrected chi connectivity index (χ2v) is 9.48. The van der Waals surface area contributed by atoms with E-state index in [4.69, 9.17) is 5.73 Å². The molecular weight excluding hydrogens is 344 g/mol. The van der Waals surface area contributed by atoms with Crippen LogP contribution in [0.15, 0.2) is 0 Å². The first kappa shape index (κ1) is 18.1. The quantitative estimate of drug-likeness (QED) is 0.701. The Morgan fingerprint density at radius 3 is 2.68 bits per heavy atom. The summed E-state index contributed by atoms with van der Waals surface area (Å²) in [4.78, 5) is 20.7. The molecule has 0 aromatic carbocycles. The number of aromatic amines is 1. The fraction of sp³-hybridized carbons (Fsp3) is 0.800. The Morgan fingerprint density at radius 1 is 1.32 bits per heavy atom. The van der Waals surface area contributed by atoms with Gasteiger partial charge in [0.2, 0.25) is 11.9 Å². The molecule has 0 saturated carbocycles. The first-order chi connectivity index (χ1) is 11.7. The fourth-order valence-electron chi connectivity index (χ4n) is 3.82. The molecule has 2 saturated heterocycles. The van der Waals surface area contributed by atoms with Crippen LogP contribution >= 0.6 is 0 Å². The first-order valence-electron chi connectivity index (χ1n) is 8.66. The summed E-state index contributed by atoms with van der Waals surface area (Å²) in [7, 11) is -3.11. The molecule has 10 heteroatoms. The van der Waals surface area contributed by atoms with Crippen LogP contribution in [0.3, 0.4) is 0 Å². The van der Waals surface area contributed by atoms with Crippen LogP contribution in [0.2, 0.25) is 0 Å². The summed E-state index contributed by atoms with van der Waals surface area (Å²) in [5, 5.41) is 6.44. The fourth-order valence-corrected chi connectivity index (χ4v) is 5.83. The predicted molar refractivity (Wildman–Crippen MR) is 93.5 cm³/mol. The highest BCUT2D eigenvalue weighted by atomic mass is 32.2. The highest BCUT2D eigenvalue weighted by Gasteiger charge is 2.47. The maximum atomic E-state index is 12.7.